The van der Waals surface area contributed by atoms with E-state index in [2.05, 4.69) is 17.1 Å². The third-order valence-corrected chi connectivity index (χ3v) is 4.26. The van der Waals surface area contributed by atoms with Crippen LogP contribution in [0.4, 0.5) is 11.4 Å². The number of hydrogen-bond donors (Lipinski definition) is 2. The summed E-state index contributed by atoms with van der Waals surface area (Å²) in [5, 5.41) is 2.88. The van der Waals surface area contributed by atoms with Crippen molar-refractivity contribution in [1.82, 2.24) is 5.32 Å². The summed E-state index contributed by atoms with van der Waals surface area (Å²) >= 11 is 0. The zero-order valence-electron chi connectivity index (χ0n) is 13.2. The van der Waals surface area contributed by atoms with Crippen LogP contribution in [0.5, 0.6) is 0 Å². The van der Waals surface area contributed by atoms with Gasteiger partial charge in [-0.05, 0) is 43.9 Å². The van der Waals surface area contributed by atoms with Crippen LogP contribution in [0.3, 0.4) is 0 Å². The number of carbonyl (C=O) groups is 1. The first-order chi connectivity index (χ1) is 10.2. The summed E-state index contributed by atoms with van der Waals surface area (Å²) in [7, 11) is 0. The van der Waals surface area contributed by atoms with Crippen molar-refractivity contribution in [1.29, 1.82) is 0 Å². The van der Waals surface area contributed by atoms with E-state index in [9.17, 15) is 4.79 Å². The third-order valence-electron chi connectivity index (χ3n) is 4.26. The number of benzene rings is 1. The Morgan fingerprint density at radius 1 is 1.33 bits per heavy atom. The Balaban J connectivity index is 2.15. The second kappa shape index (κ2) is 7.34. The number of nitrogens with two attached hydrogens (primary N) is 1. The van der Waals surface area contributed by atoms with Gasteiger partial charge in [-0.15, -0.1) is 0 Å². The summed E-state index contributed by atoms with van der Waals surface area (Å²) in [5.41, 5.74) is 8.36. The molecule has 1 aromatic rings. The maximum absolute atomic E-state index is 12.2. The molecule has 0 atom stereocenters. The molecule has 0 aliphatic carbocycles. The second-order valence-corrected chi connectivity index (χ2v) is 5.86. The molecule has 0 bridgehead atoms. The molecule has 0 spiro atoms. The molecule has 1 aliphatic heterocycles. The summed E-state index contributed by atoms with van der Waals surface area (Å²) in [6.45, 7) is 6.85. The SMILES string of the molecule is CCCC1CCN(c2cc(N)ccc2C(=O)NCC)CC1. The molecule has 0 aromatic heterocycles. The highest BCUT2D eigenvalue weighted by atomic mass is 16.1. The Bertz CT molecular complexity index is 479. The van der Waals surface area contributed by atoms with E-state index in [1.807, 2.05) is 19.1 Å². The lowest BCUT2D eigenvalue weighted by molar-refractivity contribution is 0.0956. The fraction of sp³-hybridized carbons (Fsp3) is 0.588. The molecule has 1 heterocycles. The lowest BCUT2D eigenvalue weighted by Gasteiger charge is -2.34. The van der Waals surface area contributed by atoms with Crippen molar-refractivity contribution >= 4 is 17.3 Å². The summed E-state index contributed by atoms with van der Waals surface area (Å²) in [6, 6.07) is 5.58. The number of piperidine rings is 1. The normalized spacial score (nSPS) is 16.0. The monoisotopic (exact) mass is 289 g/mol. The molecule has 116 valence electrons. The van der Waals surface area contributed by atoms with E-state index in [-0.39, 0.29) is 5.91 Å². The molecule has 4 heteroatoms. The van der Waals surface area contributed by atoms with E-state index in [0.717, 1.165) is 30.3 Å². The Morgan fingerprint density at radius 3 is 2.67 bits per heavy atom. The van der Waals surface area contributed by atoms with Crippen LogP contribution in [0.15, 0.2) is 18.2 Å². The molecule has 3 N–H and O–H groups in total. The Labute approximate surface area is 127 Å². The zero-order valence-corrected chi connectivity index (χ0v) is 13.2. The van der Waals surface area contributed by atoms with Crippen molar-refractivity contribution in [2.24, 2.45) is 5.92 Å². The minimum Gasteiger partial charge on any atom is -0.399 e. The van der Waals surface area contributed by atoms with Gasteiger partial charge in [0, 0.05) is 25.3 Å². The van der Waals surface area contributed by atoms with E-state index in [1.165, 1.54) is 25.7 Å². The fourth-order valence-corrected chi connectivity index (χ4v) is 3.13. The van der Waals surface area contributed by atoms with E-state index in [1.54, 1.807) is 6.07 Å². The van der Waals surface area contributed by atoms with Crippen LogP contribution in [0, 0.1) is 5.92 Å². The molecule has 0 saturated carbocycles. The molecule has 21 heavy (non-hydrogen) atoms. The fourth-order valence-electron chi connectivity index (χ4n) is 3.13. The van der Waals surface area contributed by atoms with E-state index in [4.69, 9.17) is 5.73 Å². The summed E-state index contributed by atoms with van der Waals surface area (Å²) in [4.78, 5) is 14.5. The lowest BCUT2D eigenvalue weighted by Crippen LogP contribution is -2.35. The van der Waals surface area contributed by atoms with Gasteiger partial charge in [-0.1, -0.05) is 19.8 Å². The summed E-state index contributed by atoms with van der Waals surface area (Å²) < 4.78 is 0. The van der Waals surface area contributed by atoms with Crippen LogP contribution in [-0.2, 0) is 0 Å². The number of nitrogens with one attached hydrogen (secondary N) is 1. The van der Waals surface area contributed by atoms with E-state index >= 15 is 0 Å². The van der Waals surface area contributed by atoms with Gasteiger partial charge in [-0.25, -0.2) is 0 Å². The topological polar surface area (TPSA) is 58.4 Å². The molecule has 1 amide bonds. The Kier molecular flexibility index (Phi) is 5.48. The van der Waals surface area contributed by atoms with Crippen LogP contribution in [0.25, 0.3) is 0 Å². The van der Waals surface area contributed by atoms with Gasteiger partial charge in [0.2, 0.25) is 0 Å². The zero-order chi connectivity index (χ0) is 15.2. The van der Waals surface area contributed by atoms with Crippen molar-refractivity contribution in [2.75, 3.05) is 30.3 Å². The molecule has 1 fully saturated rings. The van der Waals surface area contributed by atoms with Gasteiger partial charge < -0.3 is 16.0 Å². The minimum atomic E-state index is -0.0109. The standard InChI is InChI=1S/C17H27N3O/c1-3-5-13-8-10-20(11-9-13)16-12-14(18)6-7-15(16)17(21)19-4-2/h6-7,12-13H,3-5,8-11,18H2,1-2H3,(H,19,21). The number of rotatable bonds is 5. The average Bonchev–Trinajstić information content (AvgIpc) is 2.48. The third kappa shape index (κ3) is 3.90. The van der Waals surface area contributed by atoms with Gasteiger partial charge in [-0.3, -0.25) is 4.79 Å². The predicted octanol–water partition coefficient (Wildman–Crippen LogP) is 3.04. The summed E-state index contributed by atoms with van der Waals surface area (Å²) in [6.07, 6.45) is 4.98. The lowest BCUT2D eigenvalue weighted by atomic mass is 9.92. The van der Waals surface area contributed by atoms with Crippen molar-refractivity contribution < 1.29 is 4.79 Å². The molecule has 2 rings (SSSR count). The van der Waals surface area contributed by atoms with Gasteiger partial charge in [0.25, 0.3) is 5.91 Å². The number of hydrogen-bond acceptors (Lipinski definition) is 3. The number of amides is 1. The maximum Gasteiger partial charge on any atom is 0.253 e. The molecule has 1 aromatic carbocycles. The highest BCUT2D eigenvalue weighted by Crippen LogP contribution is 2.29. The number of anilines is 2. The molecule has 4 nitrogen and oxygen atoms in total. The number of carbonyl (C=O) groups excluding carboxylic acids is 1. The smallest absolute Gasteiger partial charge is 0.253 e. The van der Waals surface area contributed by atoms with Gasteiger partial charge in [0.05, 0.1) is 11.3 Å². The average molecular weight is 289 g/mol. The first kappa shape index (κ1) is 15.7. The van der Waals surface area contributed by atoms with Crippen LogP contribution < -0.4 is 16.0 Å². The van der Waals surface area contributed by atoms with Gasteiger partial charge in [0.15, 0.2) is 0 Å². The molecule has 0 unspecified atom stereocenters. The van der Waals surface area contributed by atoms with Crippen molar-refractivity contribution in [2.45, 2.75) is 39.5 Å². The van der Waals surface area contributed by atoms with Crippen molar-refractivity contribution in [3.8, 4) is 0 Å². The van der Waals surface area contributed by atoms with Gasteiger partial charge in [0.1, 0.15) is 0 Å². The van der Waals surface area contributed by atoms with Crippen LogP contribution in [-0.4, -0.2) is 25.5 Å². The van der Waals surface area contributed by atoms with Crippen molar-refractivity contribution in [3.63, 3.8) is 0 Å². The van der Waals surface area contributed by atoms with E-state index in [0.29, 0.717) is 12.2 Å². The molecular formula is C17H27N3O. The van der Waals surface area contributed by atoms with Crippen LogP contribution in [0.1, 0.15) is 49.9 Å². The Hall–Kier alpha value is -1.71. The van der Waals surface area contributed by atoms with Crippen molar-refractivity contribution in [3.05, 3.63) is 23.8 Å². The first-order valence-corrected chi connectivity index (χ1v) is 8.08. The molecule has 1 aliphatic rings. The van der Waals surface area contributed by atoms with Crippen LogP contribution >= 0.6 is 0 Å². The summed E-state index contributed by atoms with van der Waals surface area (Å²) in [5.74, 6) is 0.823. The number of nitrogen functional groups attached to an aromatic ring is 1. The van der Waals surface area contributed by atoms with Crippen LogP contribution in [0.2, 0.25) is 0 Å². The first-order valence-electron chi connectivity index (χ1n) is 8.08. The maximum atomic E-state index is 12.2. The predicted molar refractivity (Wildman–Crippen MR) is 88.7 cm³/mol. The minimum absolute atomic E-state index is 0.0109. The highest BCUT2D eigenvalue weighted by Gasteiger charge is 2.22. The van der Waals surface area contributed by atoms with E-state index < -0.39 is 0 Å². The molecule has 1 saturated heterocycles. The second-order valence-electron chi connectivity index (χ2n) is 5.86. The molecule has 0 radical (unpaired) electrons. The number of nitrogens with zero attached hydrogens (tertiary/aromatic N) is 1. The quantitative estimate of drug-likeness (QED) is 0.819. The largest absolute Gasteiger partial charge is 0.399 e. The molecular weight excluding hydrogens is 262 g/mol. The van der Waals surface area contributed by atoms with Gasteiger partial charge in [-0.2, -0.15) is 0 Å². The van der Waals surface area contributed by atoms with Gasteiger partial charge >= 0.3 is 0 Å². The Morgan fingerprint density at radius 2 is 2.05 bits per heavy atom. The highest BCUT2D eigenvalue weighted by molar-refractivity contribution is 6.00.